The molecule has 1 fully saturated rings. The number of rotatable bonds is 2. The molecule has 2 rings (SSSR count). The highest BCUT2D eigenvalue weighted by atomic mass is 35.5. The van der Waals surface area contributed by atoms with Gasteiger partial charge >= 0.3 is 0 Å². The quantitative estimate of drug-likeness (QED) is 0.793. The lowest BCUT2D eigenvalue weighted by molar-refractivity contribution is 0.455. The molecule has 1 aliphatic rings. The van der Waals surface area contributed by atoms with Gasteiger partial charge in [0, 0.05) is 11.1 Å². The molecule has 1 aromatic carbocycles. The Morgan fingerprint density at radius 3 is 2.76 bits per heavy atom. The molecule has 0 saturated carbocycles. The Hall–Kier alpha value is -0.570. The first-order valence-electron chi connectivity index (χ1n) is 5.73. The standard InChI is InChI=1S/C13H14Cl2FN/c14-11-8-12(15)13(16)7-9(11)4-5-10-3-1-2-6-17-10/h4-5,7-8,10,17H,1-3,6H2/b5-4+. The van der Waals surface area contributed by atoms with Crippen molar-refractivity contribution in [3.63, 3.8) is 0 Å². The van der Waals surface area contributed by atoms with Crippen LogP contribution in [-0.2, 0) is 0 Å². The van der Waals surface area contributed by atoms with Gasteiger partial charge in [-0.15, -0.1) is 0 Å². The van der Waals surface area contributed by atoms with Crippen molar-refractivity contribution in [3.8, 4) is 0 Å². The molecule has 1 saturated heterocycles. The zero-order valence-electron chi connectivity index (χ0n) is 9.35. The van der Waals surface area contributed by atoms with Crippen LogP contribution in [0.25, 0.3) is 6.08 Å². The van der Waals surface area contributed by atoms with Crippen LogP contribution in [0, 0.1) is 5.82 Å². The number of hydrogen-bond acceptors (Lipinski definition) is 1. The molecular weight excluding hydrogens is 260 g/mol. The lowest BCUT2D eigenvalue weighted by Gasteiger charge is -2.20. The van der Waals surface area contributed by atoms with Gasteiger partial charge in [0.05, 0.1) is 5.02 Å². The molecule has 1 unspecified atom stereocenters. The van der Waals surface area contributed by atoms with E-state index in [2.05, 4.69) is 5.32 Å². The minimum Gasteiger partial charge on any atom is -0.311 e. The van der Waals surface area contributed by atoms with Gasteiger partial charge in [0.1, 0.15) is 5.82 Å². The minimum atomic E-state index is -0.438. The maximum atomic E-state index is 13.3. The normalized spacial score (nSPS) is 21.0. The minimum absolute atomic E-state index is 0.0583. The Labute approximate surface area is 111 Å². The van der Waals surface area contributed by atoms with Crippen molar-refractivity contribution in [2.75, 3.05) is 6.54 Å². The molecule has 1 nitrogen and oxygen atoms in total. The SMILES string of the molecule is Fc1cc(/C=C/C2CCCCN2)c(Cl)cc1Cl. The van der Waals surface area contributed by atoms with Crippen molar-refractivity contribution >= 4 is 29.3 Å². The van der Waals surface area contributed by atoms with Crippen LogP contribution < -0.4 is 5.32 Å². The molecule has 0 aliphatic carbocycles. The van der Waals surface area contributed by atoms with Crippen LogP contribution in [0.15, 0.2) is 18.2 Å². The van der Waals surface area contributed by atoms with Crippen LogP contribution in [0.1, 0.15) is 24.8 Å². The summed E-state index contributed by atoms with van der Waals surface area (Å²) in [5.41, 5.74) is 0.668. The van der Waals surface area contributed by atoms with E-state index in [0.717, 1.165) is 13.0 Å². The van der Waals surface area contributed by atoms with Gasteiger partial charge in [0.2, 0.25) is 0 Å². The fourth-order valence-corrected chi connectivity index (χ4v) is 2.37. The number of hydrogen-bond donors (Lipinski definition) is 1. The zero-order chi connectivity index (χ0) is 12.3. The second-order valence-electron chi connectivity index (χ2n) is 4.20. The maximum absolute atomic E-state index is 13.3. The summed E-state index contributed by atoms with van der Waals surface area (Å²) >= 11 is 11.6. The largest absolute Gasteiger partial charge is 0.311 e. The molecule has 0 spiro atoms. The highest BCUT2D eigenvalue weighted by molar-refractivity contribution is 6.35. The van der Waals surface area contributed by atoms with Crippen molar-refractivity contribution < 1.29 is 4.39 Å². The van der Waals surface area contributed by atoms with Gasteiger partial charge in [-0.05, 0) is 37.1 Å². The summed E-state index contributed by atoms with van der Waals surface area (Å²) in [6, 6.07) is 3.16. The van der Waals surface area contributed by atoms with Crippen molar-refractivity contribution in [1.29, 1.82) is 0 Å². The summed E-state index contributed by atoms with van der Waals surface area (Å²) in [4.78, 5) is 0. The summed E-state index contributed by atoms with van der Waals surface area (Å²) in [6.07, 6.45) is 7.45. The van der Waals surface area contributed by atoms with E-state index in [1.807, 2.05) is 12.2 Å². The predicted molar refractivity (Wildman–Crippen MR) is 71.1 cm³/mol. The third-order valence-electron chi connectivity index (χ3n) is 2.90. The highest BCUT2D eigenvalue weighted by Gasteiger charge is 2.09. The monoisotopic (exact) mass is 273 g/mol. The van der Waals surface area contributed by atoms with E-state index in [4.69, 9.17) is 23.2 Å². The Morgan fingerprint density at radius 2 is 2.06 bits per heavy atom. The first-order valence-corrected chi connectivity index (χ1v) is 6.48. The average molecular weight is 274 g/mol. The molecule has 17 heavy (non-hydrogen) atoms. The number of piperidine rings is 1. The number of benzene rings is 1. The van der Waals surface area contributed by atoms with Gasteiger partial charge < -0.3 is 5.32 Å². The van der Waals surface area contributed by atoms with Crippen molar-refractivity contribution in [2.24, 2.45) is 0 Å². The van der Waals surface area contributed by atoms with Crippen LogP contribution in [0.3, 0.4) is 0 Å². The van der Waals surface area contributed by atoms with Crippen LogP contribution in [-0.4, -0.2) is 12.6 Å². The molecule has 0 aromatic heterocycles. The van der Waals surface area contributed by atoms with Crippen molar-refractivity contribution in [3.05, 3.63) is 39.6 Å². The van der Waals surface area contributed by atoms with Crippen LogP contribution in [0.5, 0.6) is 0 Å². The first kappa shape index (κ1) is 12.9. The molecule has 92 valence electrons. The smallest absolute Gasteiger partial charge is 0.142 e. The Morgan fingerprint density at radius 1 is 1.24 bits per heavy atom. The van der Waals surface area contributed by atoms with E-state index in [1.54, 1.807) is 0 Å². The molecule has 4 heteroatoms. The molecule has 1 N–H and O–H groups in total. The van der Waals surface area contributed by atoms with E-state index in [0.29, 0.717) is 16.6 Å². The Balaban J connectivity index is 2.12. The number of nitrogens with one attached hydrogen (secondary N) is 1. The predicted octanol–water partition coefficient (Wildman–Crippen LogP) is 4.29. The first-order chi connectivity index (χ1) is 8.16. The van der Waals surface area contributed by atoms with Gasteiger partial charge in [-0.25, -0.2) is 4.39 Å². The summed E-state index contributed by atoms with van der Waals surface area (Å²) in [6.45, 7) is 1.04. The topological polar surface area (TPSA) is 12.0 Å². The fraction of sp³-hybridized carbons (Fsp3) is 0.385. The van der Waals surface area contributed by atoms with Gasteiger partial charge in [-0.2, -0.15) is 0 Å². The number of halogens is 3. The lowest BCUT2D eigenvalue weighted by Crippen LogP contribution is -2.31. The average Bonchev–Trinajstić information content (AvgIpc) is 2.33. The van der Waals surface area contributed by atoms with Crippen molar-refractivity contribution in [2.45, 2.75) is 25.3 Å². The van der Waals surface area contributed by atoms with Gasteiger partial charge in [0.25, 0.3) is 0 Å². The summed E-state index contributed by atoms with van der Waals surface area (Å²) in [5.74, 6) is -0.438. The molecule has 1 aliphatic heterocycles. The van der Waals surface area contributed by atoms with Crippen LogP contribution >= 0.6 is 23.2 Å². The lowest BCUT2D eigenvalue weighted by atomic mass is 10.0. The van der Waals surface area contributed by atoms with Crippen LogP contribution in [0.4, 0.5) is 4.39 Å². The molecule has 0 bridgehead atoms. The van der Waals surface area contributed by atoms with Gasteiger partial charge in [-0.3, -0.25) is 0 Å². The van der Waals surface area contributed by atoms with Gasteiger partial charge in [0.15, 0.2) is 0 Å². The second-order valence-corrected chi connectivity index (χ2v) is 5.02. The second kappa shape index (κ2) is 5.85. The highest BCUT2D eigenvalue weighted by Crippen LogP contribution is 2.25. The van der Waals surface area contributed by atoms with Crippen molar-refractivity contribution in [1.82, 2.24) is 5.32 Å². The fourth-order valence-electron chi connectivity index (χ4n) is 1.93. The third kappa shape index (κ3) is 3.44. The molecular formula is C13H14Cl2FN. The molecule has 1 heterocycles. The van der Waals surface area contributed by atoms with E-state index in [1.165, 1.54) is 25.0 Å². The van der Waals surface area contributed by atoms with Gasteiger partial charge in [-0.1, -0.05) is 41.8 Å². The van der Waals surface area contributed by atoms with E-state index >= 15 is 0 Å². The summed E-state index contributed by atoms with van der Waals surface area (Å²) in [7, 11) is 0. The summed E-state index contributed by atoms with van der Waals surface area (Å²) in [5, 5.41) is 3.92. The van der Waals surface area contributed by atoms with E-state index < -0.39 is 5.82 Å². The molecule has 0 radical (unpaired) electrons. The molecule has 0 amide bonds. The zero-order valence-corrected chi connectivity index (χ0v) is 10.9. The van der Waals surface area contributed by atoms with Crippen LogP contribution in [0.2, 0.25) is 10.0 Å². The third-order valence-corrected chi connectivity index (χ3v) is 3.51. The molecule has 1 atom stereocenters. The Bertz CT molecular complexity index is 426. The van der Waals surface area contributed by atoms with E-state index in [9.17, 15) is 4.39 Å². The van der Waals surface area contributed by atoms with E-state index in [-0.39, 0.29) is 5.02 Å². The molecule has 1 aromatic rings. The summed E-state index contributed by atoms with van der Waals surface area (Å²) < 4.78 is 13.3. The Kier molecular flexibility index (Phi) is 4.43. The maximum Gasteiger partial charge on any atom is 0.142 e.